The summed E-state index contributed by atoms with van der Waals surface area (Å²) in [4.78, 5) is 15.5. The highest BCUT2D eigenvalue weighted by Crippen LogP contribution is 2.51. The van der Waals surface area contributed by atoms with E-state index in [4.69, 9.17) is 0 Å². The number of hydrogen-bond acceptors (Lipinski definition) is 3. The molecule has 0 aromatic heterocycles. The van der Waals surface area contributed by atoms with Gasteiger partial charge in [-0.3, -0.25) is 4.79 Å². The fraction of sp³-hybridized carbons (Fsp3) is 0.138. The van der Waals surface area contributed by atoms with Crippen molar-refractivity contribution in [2.24, 2.45) is 0 Å². The second-order valence-corrected chi connectivity index (χ2v) is 9.39. The number of hydrogen-bond donors (Lipinski definition) is 1. The van der Waals surface area contributed by atoms with Crippen LogP contribution >= 0.6 is 11.8 Å². The van der Waals surface area contributed by atoms with Gasteiger partial charge < -0.3 is 10.2 Å². The largest absolute Gasteiger partial charge is 0.310 e. The molecule has 0 spiro atoms. The van der Waals surface area contributed by atoms with E-state index in [2.05, 4.69) is 115 Å². The van der Waals surface area contributed by atoms with Crippen LogP contribution in [0.3, 0.4) is 0 Å². The first-order chi connectivity index (χ1) is 16.3. The lowest BCUT2D eigenvalue weighted by molar-refractivity contribution is -0.118. The fourth-order valence-electron chi connectivity index (χ4n) is 4.47. The summed E-state index contributed by atoms with van der Waals surface area (Å²) < 4.78 is -0.435. The summed E-state index contributed by atoms with van der Waals surface area (Å²) in [6, 6.07) is 40.4. The Morgan fingerprint density at radius 1 is 0.697 bits per heavy atom. The highest BCUT2D eigenvalue weighted by atomic mass is 32.2. The van der Waals surface area contributed by atoms with E-state index in [0.717, 1.165) is 17.1 Å². The SMILES string of the molecule is O=C1CNCCN1c1cccc(SC(c2ccccc2)(c2ccccc2)c2ccccc2)c1. The van der Waals surface area contributed by atoms with Gasteiger partial charge in [0, 0.05) is 23.7 Å². The van der Waals surface area contributed by atoms with Crippen LogP contribution < -0.4 is 10.2 Å². The Morgan fingerprint density at radius 3 is 1.76 bits per heavy atom. The van der Waals surface area contributed by atoms with Gasteiger partial charge in [0.15, 0.2) is 0 Å². The van der Waals surface area contributed by atoms with Gasteiger partial charge in [0.1, 0.15) is 0 Å². The molecular formula is C29H26N2OS. The first-order valence-corrected chi connectivity index (χ1v) is 12.1. The first-order valence-electron chi connectivity index (χ1n) is 11.2. The van der Waals surface area contributed by atoms with Crippen molar-refractivity contribution in [1.82, 2.24) is 5.32 Å². The molecule has 1 amide bonds. The highest BCUT2D eigenvalue weighted by Gasteiger charge is 2.37. The molecule has 0 saturated carbocycles. The van der Waals surface area contributed by atoms with Crippen LogP contribution in [0.2, 0.25) is 0 Å². The Labute approximate surface area is 199 Å². The van der Waals surface area contributed by atoms with Gasteiger partial charge in [-0.2, -0.15) is 0 Å². The van der Waals surface area contributed by atoms with E-state index in [0.29, 0.717) is 13.1 Å². The maximum absolute atomic E-state index is 12.5. The molecule has 0 unspecified atom stereocenters. The Balaban J connectivity index is 1.66. The normalized spacial score (nSPS) is 14.3. The molecule has 1 aliphatic rings. The Bertz CT molecular complexity index is 1120. The molecule has 1 fully saturated rings. The van der Waals surface area contributed by atoms with Crippen molar-refractivity contribution < 1.29 is 4.79 Å². The molecule has 3 nitrogen and oxygen atoms in total. The van der Waals surface area contributed by atoms with Crippen molar-refractivity contribution in [2.75, 3.05) is 24.5 Å². The molecule has 4 aromatic rings. The average molecular weight is 451 g/mol. The molecule has 0 radical (unpaired) electrons. The van der Waals surface area contributed by atoms with E-state index in [1.54, 1.807) is 0 Å². The van der Waals surface area contributed by atoms with Gasteiger partial charge in [-0.25, -0.2) is 0 Å². The monoisotopic (exact) mass is 450 g/mol. The lowest BCUT2D eigenvalue weighted by atomic mass is 9.84. The summed E-state index contributed by atoms with van der Waals surface area (Å²) in [7, 11) is 0. The fourth-order valence-corrected chi connectivity index (χ4v) is 5.91. The van der Waals surface area contributed by atoms with Crippen molar-refractivity contribution in [3.63, 3.8) is 0 Å². The third kappa shape index (κ3) is 4.32. The molecule has 4 aromatic carbocycles. The van der Waals surface area contributed by atoms with Crippen LogP contribution in [-0.4, -0.2) is 25.5 Å². The average Bonchev–Trinajstić information content (AvgIpc) is 2.89. The number of nitrogens with zero attached hydrogens (tertiary/aromatic N) is 1. The number of carbonyl (C=O) groups is 1. The molecule has 5 rings (SSSR count). The summed E-state index contributed by atoms with van der Waals surface area (Å²) in [5.74, 6) is 0.115. The van der Waals surface area contributed by atoms with Crippen LogP contribution in [0.4, 0.5) is 5.69 Å². The molecule has 1 aliphatic heterocycles. The van der Waals surface area contributed by atoms with Crippen molar-refractivity contribution >= 4 is 23.4 Å². The zero-order valence-corrected chi connectivity index (χ0v) is 19.2. The van der Waals surface area contributed by atoms with Crippen molar-refractivity contribution in [3.8, 4) is 0 Å². The molecular weight excluding hydrogens is 424 g/mol. The van der Waals surface area contributed by atoms with E-state index in [1.165, 1.54) is 16.7 Å². The molecule has 0 atom stereocenters. The molecule has 4 heteroatoms. The maximum Gasteiger partial charge on any atom is 0.240 e. The van der Waals surface area contributed by atoms with E-state index < -0.39 is 4.75 Å². The van der Waals surface area contributed by atoms with Gasteiger partial charge in [-0.15, -0.1) is 11.8 Å². The maximum atomic E-state index is 12.5. The summed E-state index contributed by atoms with van der Waals surface area (Å²) in [5.41, 5.74) is 4.61. The van der Waals surface area contributed by atoms with Gasteiger partial charge in [0.05, 0.1) is 11.3 Å². The zero-order valence-electron chi connectivity index (χ0n) is 18.4. The standard InChI is InChI=1S/C29H26N2OS/c32-28-22-30-19-20-31(28)26-17-10-18-27(21-26)33-29(23-11-4-1-5-12-23,24-13-6-2-7-14-24)25-15-8-3-9-16-25/h1-18,21,30H,19-20,22H2. The van der Waals surface area contributed by atoms with Gasteiger partial charge in [-0.05, 0) is 34.9 Å². The quantitative estimate of drug-likeness (QED) is 0.302. The third-order valence-electron chi connectivity index (χ3n) is 6.03. The summed E-state index contributed by atoms with van der Waals surface area (Å²) in [6.07, 6.45) is 0. The molecule has 1 N–H and O–H groups in total. The van der Waals surface area contributed by atoms with Crippen LogP contribution in [0.5, 0.6) is 0 Å². The van der Waals surface area contributed by atoms with Gasteiger partial charge in [-0.1, -0.05) is 97.1 Å². The number of amides is 1. The second kappa shape index (κ2) is 9.65. The summed E-state index contributed by atoms with van der Waals surface area (Å²) in [5, 5.41) is 3.16. The Hall–Kier alpha value is -3.34. The number of anilines is 1. The second-order valence-electron chi connectivity index (χ2n) is 8.10. The molecule has 33 heavy (non-hydrogen) atoms. The molecule has 1 saturated heterocycles. The van der Waals surface area contributed by atoms with Gasteiger partial charge in [0.2, 0.25) is 5.91 Å². The van der Waals surface area contributed by atoms with Crippen molar-refractivity contribution in [3.05, 3.63) is 132 Å². The van der Waals surface area contributed by atoms with Crippen LogP contribution in [0.25, 0.3) is 0 Å². The number of piperazine rings is 1. The van der Waals surface area contributed by atoms with Crippen LogP contribution in [-0.2, 0) is 9.54 Å². The minimum absolute atomic E-state index is 0.115. The predicted molar refractivity (Wildman–Crippen MR) is 137 cm³/mol. The number of thioether (sulfide) groups is 1. The predicted octanol–water partition coefficient (Wildman–Crippen LogP) is 5.71. The van der Waals surface area contributed by atoms with E-state index >= 15 is 0 Å². The molecule has 164 valence electrons. The Morgan fingerprint density at radius 2 is 1.24 bits per heavy atom. The van der Waals surface area contributed by atoms with E-state index in [1.807, 2.05) is 22.7 Å². The number of benzene rings is 4. The molecule has 0 bridgehead atoms. The topological polar surface area (TPSA) is 32.3 Å². The van der Waals surface area contributed by atoms with E-state index in [9.17, 15) is 4.79 Å². The highest BCUT2D eigenvalue weighted by molar-refractivity contribution is 8.00. The lowest BCUT2D eigenvalue weighted by Gasteiger charge is -2.36. The minimum Gasteiger partial charge on any atom is -0.310 e. The number of nitrogens with one attached hydrogen (secondary N) is 1. The molecule has 0 aliphatic carbocycles. The number of rotatable bonds is 6. The van der Waals surface area contributed by atoms with Crippen molar-refractivity contribution in [2.45, 2.75) is 9.64 Å². The van der Waals surface area contributed by atoms with Crippen LogP contribution in [0, 0.1) is 0 Å². The van der Waals surface area contributed by atoms with Gasteiger partial charge in [0.25, 0.3) is 0 Å². The van der Waals surface area contributed by atoms with Crippen LogP contribution in [0.15, 0.2) is 120 Å². The summed E-state index contributed by atoms with van der Waals surface area (Å²) in [6.45, 7) is 1.89. The smallest absolute Gasteiger partial charge is 0.240 e. The minimum atomic E-state index is -0.435. The van der Waals surface area contributed by atoms with E-state index in [-0.39, 0.29) is 5.91 Å². The first kappa shape index (κ1) is 21.5. The Kier molecular flexibility index (Phi) is 6.29. The van der Waals surface area contributed by atoms with Crippen molar-refractivity contribution in [1.29, 1.82) is 0 Å². The van der Waals surface area contributed by atoms with Crippen LogP contribution in [0.1, 0.15) is 16.7 Å². The zero-order chi connectivity index (χ0) is 22.5. The lowest BCUT2D eigenvalue weighted by Crippen LogP contribution is -2.48. The van der Waals surface area contributed by atoms with Gasteiger partial charge >= 0.3 is 0 Å². The summed E-state index contributed by atoms with van der Waals surface area (Å²) >= 11 is 1.82. The number of carbonyl (C=O) groups excluding carboxylic acids is 1. The molecule has 1 heterocycles. The third-order valence-corrected chi connectivity index (χ3v) is 7.53.